The SMILES string of the molecule is CC.CC.Fc1cccc(C(F)(F)F)c1. The van der Waals surface area contributed by atoms with Gasteiger partial charge >= 0.3 is 6.18 Å². The fraction of sp³-hybridized carbons (Fsp3) is 0.455. The van der Waals surface area contributed by atoms with Crippen molar-refractivity contribution in [3.8, 4) is 0 Å². The van der Waals surface area contributed by atoms with E-state index in [0.29, 0.717) is 6.07 Å². The molecule has 0 aliphatic carbocycles. The van der Waals surface area contributed by atoms with Crippen molar-refractivity contribution in [2.75, 3.05) is 0 Å². The van der Waals surface area contributed by atoms with Crippen molar-refractivity contribution in [1.29, 1.82) is 0 Å². The van der Waals surface area contributed by atoms with Gasteiger partial charge in [0.1, 0.15) is 5.82 Å². The highest BCUT2D eigenvalue weighted by Crippen LogP contribution is 2.28. The topological polar surface area (TPSA) is 0 Å². The van der Waals surface area contributed by atoms with Gasteiger partial charge in [0.05, 0.1) is 5.56 Å². The standard InChI is InChI=1S/C7H4F4.2C2H6/c8-6-3-1-2-5(4-6)7(9,10)11;2*1-2/h1-4H;2*1-2H3. The van der Waals surface area contributed by atoms with E-state index in [0.717, 1.165) is 18.2 Å². The Morgan fingerprint density at radius 3 is 1.67 bits per heavy atom. The van der Waals surface area contributed by atoms with E-state index in [4.69, 9.17) is 0 Å². The van der Waals surface area contributed by atoms with Gasteiger partial charge in [-0.15, -0.1) is 0 Å². The summed E-state index contributed by atoms with van der Waals surface area (Å²) in [7, 11) is 0. The third kappa shape index (κ3) is 6.94. The highest BCUT2D eigenvalue weighted by Gasteiger charge is 2.30. The first-order valence-corrected chi connectivity index (χ1v) is 4.83. The van der Waals surface area contributed by atoms with Crippen LogP contribution in [0.25, 0.3) is 0 Å². The molecule has 0 aliphatic rings. The van der Waals surface area contributed by atoms with Gasteiger partial charge in [0, 0.05) is 0 Å². The van der Waals surface area contributed by atoms with Crippen molar-refractivity contribution in [2.45, 2.75) is 33.9 Å². The maximum absolute atomic E-state index is 12.2. The van der Waals surface area contributed by atoms with Crippen LogP contribution in [0, 0.1) is 5.82 Å². The number of hydrogen-bond acceptors (Lipinski definition) is 0. The smallest absolute Gasteiger partial charge is 0.207 e. The van der Waals surface area contributed by atoms with Gasteiger partial charge in [0.15, 0.2) is 0 Å². The minimum Gasteiger partial charge on any atom is -0.207 e. The summed E-state index contributed by atoms with van der Waals surface area (Å²) in [5, 5.41) is 0. The Bertz CT molecular complexity index is 253. The molecule has 0 saturated heterocycles. The molecule has 1 aromatic carbocycles. The number of benzene rings is 1. The second-order valence-electron chi connectivity index (χ2n) is 2.01. The number of halogens is 4. The molecule has 88 valence electrons. The Kier molecular flexibility index (Phi) is 9.02. The van der Waals surface area contributed by atoms with Gasteiger partial charge in [0.25, 0.3) is 0 Å². The fourth-order valence-corrected chi connectivity index (χ4v) is 0.665. The van der Waals surface area contributed by atoms with E-state index in [2.05, 4.69) is 0 Å². The molecule has 0 atom stereocenters. The van der Waals surface area contributed by atoms with E-state index in [1.165, 1.54) is 0 Å². The van der Waals surface area contributed by atoms with Crippen molar-refractivity contribution in [3.05, 3.63) is 35.6 Å². The number of rotatable bonds is 0. The quantitative estimate of drug-likeness (QED) is 0.550. The molecule has 0 fully saturated rings. The van der Waals surface area contributed by atoms with Gasteiger partial charge in [-0.2, -0.15) is 13.2 Å². The molecule has 0 aliphatic heterocycles. The summed E-state index contributed by atoms with van der Waals surface area (Å²) in [6, 6.07) is 3.27. The Hall–Kier alpha value is -1.06. The second kappa shape index (κ2) is 8.26. The highest BCUT2D eigenvalue weighted by molar-refractivity contribution is 5.18. The predicted molar refractivity (Wildman–Crippen MR) is 54.1 cm³/mol. The van der Waals surface area contributed by atoms with Crippen molar-refractivity contribution in [1.82, 2.24) is 0 Å². The van der Waals surface area contributed by atoms with Crippen LogP contribution in [-0.2, 0) is 6.18 Å². The van der Waals surface area contributed by atoms with Gasteiger partial charge < -0.3 is 0 Å². The molecule has 4 heteroatoms. The summed E-state index contributed by atoms with van der Waals surface area (Å²) < 4.78 is 47.6. The summed E-state index contributed by atoms with van der Waals surface area (Å²) in [6.45, 7) is 8.00. The van der Waals surface area contributed by atoms with Crippen LogP contribution in [0.1, 0.15) is 33.3 Å². The fourth-order valence-electron chi connectivity index (χ4n) is 0.665. The van der Waals surface area contributed by atoms with Crippen LogP contribution in [-0.4, -0.2) is 0 Å². The first kappa shape index (κ1) is 16.4. The maximum Gasteiger partial charge on any atom is 0.416 e. The molecular formula is C11H16F4. The average Bonchev–Trinajstić information content (AvgIpc) is 2.23. The molecule has 0 N–H and O–H groups in total. The second-order valence-corrected chi connectivity index (χ2v) is 2.01. The lowest BCUT2D eigenvalue weighted by Gasteiger charge is -2.04. The first-order valence-electron chi connectivity index (χ1n) is 4.83. The monoisotopic (exact) mass is 224 g/mol. The molecule has 0 spiro atoms. The van der Waals surface area contributed by atoms with Crippen LogP contribution in [0.2, 0.25) is 0 Å². The molecule has 15 heavy (non-hydrogen) atoms. The summed E-state index contributed by atoms with van der Waals surface area (Å²) in [5.74, 6) is -0.875. The molecular weight excluding hydrogens is 208 g/mol. The van der Waals surface area contributed by atoms with E-state index in [1.807, 2.05) is 27.7 Å². The molecule has 0 amide bonds. The summed E-state index contributed by atoms with van der Waals surface area (Å²) in [5.41, 5.74) is -0.961. The van der Waals surface area contributed by atoms with Crippen LogP contribution < -0.4 is 0 Å². The predicted octanol–water partition coefficient (Wildman–Crippen LogP) is 4.90. The van der Waals surface area contributed by atoms with E-state index in [9.17, 15) is 17.6 Å². The van der Waals surface area contributed by atoms with Gasteiger partial charge in [-0.1, -0.05) is 33.8 Å². The normalized spacial score (nSPS) is 9.33. The molecule has 0 saturated carbocycles. The minimum absolute atomic E-state index is 0.458. The molecule has 0 aromatic heterocycles. The van der Waals surface area contributed by atoms with Crippen molar-refractivity contribution < 1.29 is 17.6 Å². The van der Waals surface area contributed by atoms with Crippen molar-refractivity contribution >= 4 is 0 Å². The third-order valence-electron chi connectivity index (χ3n) is 1.15. The lowest BCUT2D eigenvalue weighted by Crippen LogP contribution is -2.04. The van der Waals surface area contributed by atoms with Gasteiger partial charge in [-0.25, -0.2) is 4.39 Å². The van der Waals surface area contributed by atoms with Crippen LogP contribution in [0.15, 0.2) is 24.3 Å². The molecule has 1 rings (SSSR count). The molecule has 0 bridgehead atoms. The molecule has 0 heterocycles. The minimum atomic E-state index is -4.46. The number of alkyl halides is 3. The summed E-state index contributed by atoms with van der Waals surface area (Å²) in [6.07, 6.45) is -4.46. The molecule has 1 aromatic rings. The largest absolute Gasteiger partial charge is 0.416 e. The van der Waals surface area contributed by atoms with Crippen molar-refractivity contribution in [2.24, 2.45) is 0 Å². The zero-order chi connectivity index (χ0) is 12.5. The molecule has 0 unspecified atom stereocenters. The van der Waals surface area contributed by atoms with Crippen molar-refractivity contribution in [3.63, 3.8) is 0 Å². The highest BCUT2D eigenvalue weighted by atomic mass is 19.4. The van der Waals surface area contributed by atoms with Gasteiger partial charge in [-0.3, -0.25) is 0 Å². The van der Waals surface area contributed by atoms with E-state index < -0.39 is 17.6 Å². The lowest BCUT2D eigenvalue weighted by molar-refractivity contribution is -0.137. The third-order valence-corrected chi connectivity index (χ3v) is 1.15. The average molecular weight is 224 g/mol. The zero-order valence-electron chi connectivity index (χ0n) is 9.32. The van der Waals surface area contributed by atoms with Gasteiger partial charge in [0.2, 0.25) is 0 Å². The maximum atomic E-state index is 12.2. The summed E-state index contributed by atoms with van der Waals surface area (Å²) >= 11 is 0. The Labute approximate surface area is 87.9 Å². The Morgan fingerprint density at radius 2 is 1.40 bits per heavy atom. The van der Waals surface area contributed by atoms with Crippen LogP contribution in [0.3, 0.4) is 0 Å². The van der Waals surface area contributed by atoms with Crippen LogP contribution in [0.4, 0.5) is 17.6 Å². The first-order chi connectivity index (χ1) is 7.00. The summed E-state index contributed by atoms with van der Waals surface area (Å²) in [4.78, 5) is 0. The van der Waals surface area contributed by atoms with E-state index in [-0.39, 0.29) is 0 Å². The lowest BCUT2D eigenvalue weighted by atomic mass is 10.2. The van der Waals surface area contributed by atoms with Crippen LogP contribution >= 0.6 is 0 Å². The Morgan fingerprint density at radius 1 is 0.933 bits per heavy atom. The van der Waals surface area contributed by atoms with Crippen LogP contribution in [0.5, 0.6) is 0 Å². The molecule has 0 radical (unpaired) electrons. The number of hydrogen-bond donors (Lipinski definition) is 0. The van der Waals surface area contributed by atoms with E-state index >= 15 is 0 Å². The zero-order valence-corrected chi connectivity index (χ0v) is 9.32. The van der Waals surface area contributed by atoms with E-state index in [1.54, 1.807) is 0 Å². The molecule has 0 nitrogen and oxygen atoms in total. The van der Waals surface area contributed by atoms with Gasteiger partial charge in [-0.05, 0) is 18.2 Å². The Balaban J connectivity index is 0.